The smallest absolute Gasteiger partial charge is 0.225 e. The van der Waals surface area contributed by atoms with Crippen molar-refractivity contribution >= 4 is 33.3 Å². The fourth-order valence-corrected chi connectivity index (χ4v) is 2.61. The first-order chi connectivity index (χ1) is 9.24. The number of aliphatic hydroxyl groups is 1. The minimum atomic E-state index is 0.256. The van der Waals surface area contributed by atoms with Crippen LogP contribution in [0.25, 0.3) is 10.2 Å². The molecule has 0 saturated heterocycles. The van der Waals surface area contributed by atoms with Gasteiger partial charge in [-0.3, -0.25) is 0 Å². The molecular formula is C13H20N4OS. The predicted molar refractivity (Wildman–Crippen MR) is 80.9 cm³/mol. The Hall–Kier alpha value is -1.40. The summed E-state index contributed by atoms with van der Waals surface area (Å²) in [5.41, 5.74) is 0. The standard InChI is InChI=1S/C13H20N4OS/c1-9(8-18)4-3-6-15-11-10-5-7-19-12(10)17-13(14-2)16-11/h5,7,9,18H,3-4,6,8H2,1-2H3,(H2,14,15,16,17). The predicted octanol–water partition coefficient (Wildman–Crippen LogP) is 2.55. The molecule has 0 bridgehead atoms. The van der Waals surface area contributed by atoms with Gasteiger partial charge in [0.15, 0.2) is 0 Å². The van der Waals surface area contributed by atoms with E-state index in [9.17, 15) is 0 Å². The molecule has 2 aromatic heterocycles. The van der Waals surface area contributed by atoms with E-state index in [1.807, 2.05) is 18.5 Å². The molecule has 0 spiro atoms. The van der Waals surface area contributed by atoms with Gasteiger partial charge in [0, 0.05) is 20.2 Å². The fraction of sp³-hybridized carbons (Fsp3) is 0.538. The van der Waals surface area contributed by atoms with E-state index in [-0.39, 0.29) is 6.61 Å². The quantitative estimate of drug-likeness (QED) is 0.680. The summed E-state index contributed by atoms with van der Waals surface area (Å²) in [6.07, 6.45) is 2.03. The number of aromatic nitrogens is 2. The second-order valence-electron chi connectivity index (χ2n) is 4.64. The Labute approximate surface area is 117 Å². The second kappa shape index (κ2) is 6.68. The molecular weight excluding hydrogens is 260 g/mol. The van der Waals surface area contributed by atoms with Crippen molar-refractivity contribution in [2.75, 3.05) is 30.8 Å². The van der Waals surface area contributed by atoms with Crippen LogP contribution in [0, 0.1) is 5.92 Å². The summed E-state index contributed by atoms with van der Waals surface area (Å²) in [5.74, 6) is 1.88. The lowest BCUT2D eigenvalue weighted by Gasteiger charge is -2.10. The molecule has 2 rings (SSSR count). The Kier molecular flexibility index (Phi) is 4.93. The first-order valence-corrected chi connectivity index (χ1v) is 7.40. The summed E-state index contributed by atoms with van der Waals surface area (Å²) in [6.45, 7) is 3.17. The number of nitrogens with one attached hydrogen (secondary N) is 2. The van der Waals surface area contributed by atoms with E-state index in [0.717, 1.165) is 35.4 Å². The van der Waals surface area contributed by atoms with Crippen molar-refractivity contribution in [2.45, 2.75) is 19.8 Å². The third-order valence-corrected chi connectivity index (χ3v) is 3.83. The SMILES string of the molecule is CNc1nc(NCCCC(C)CO)c2ccsc2n1. The number of aliphatic hydroxyl groups excluding tert-OH is 1. The van der Waals surface area contributed by atoms with E-state index in [0.29, 0.717) is 11.9 Å². The molecule has 104 valence electrons. The zero-order valence-electron chi connectivity index (χ0n) is 11.3. The Morgan fingerprint density at radius 2 is 2.26 bits per heavy atom. The van der Waals surface area contributed by atoms with Gasteiger partial charge in [-0.25, -0.2) is 4.98 Å². The van der Waals surface area contributed by atoms with Crippen LogP contribution in [0.15, 0.2) is 11.4 Å². The summed E-state index contributed by atoms with van der Waals surface area (Å²) in [5, 5.41) is 18.4. The van der Waals surface area contributed by atoms with Gasteiger partial charge in [-0.15, -0.1) is 11.3 Å². The molecule has 2 heterocycles. The Balaban J connectivity index is 2.01. The van der Waals surface area contributed by atoms with Crippen LogP contribution in [0.1, 0.15) is 19.8 Å². The average Bonchev–Trinajstić information content (AvgIpc) is 2.91. The van der Waals surface area contributed by atoms with E-state index in [4.69, 9.17) is 5.11 Å². The maximum absolute atomic E-state index is 8.99. The van der Waals surface area contributed by atoms with Crippen molar-refractivity contribution in [3.63, 3.8) is 0 Å². The van der Waals surface area contributed by atoms with E-state index >= 15 is 0 Å². The van der Waals surface area contributed by atoms with Crippen LogP contribution in [-0.4, -0.2) is 35.3 Å². The van der Waals surface area contributed by atoms with Crippen LogP contribution in [0.2, 0.25) is 0 Å². The molecule has 0 aliphatic heterocycles. The highest BCUT2D eigenvalue weighted by Gasteiger charge is 2.08. The lowest BCUT2D eigenvalue weighted by atomic mass is 10.1. The number of hydrogen-bond donors (Lipinski definition) is 3. The number of thiophene rings is 1. The molecule has 0 amide bonds. The van der Waals surface area contributed by atoms with Gasteiger partial charge in [-0.2, -0.15) is 4.98 Å². The van der Waals surface area contributed by atoms with Gasteiger partial charge in [-0.05, 0) is 30.2 Å². The lowest BCUT2D eigenvalue weighted by molar-refractivity contribution is 0.229. The summed E-state index contributed by atoms with van der Waals surface area (Å²) in [4.78, 5) is 9.85. The molecule has 0 aliphatic rings. The van der Waals surface area contributed by atoms with Crippen LogP contribution in [-0.2, 0) is 0 Å². The number of hydrogen-bond acceptors (Lipinski definition) is 6. The van der Waals surface area contributed by atoms with Gasteiger partial charge in [0.25, 0.3) is 0 Å². The number of fused-ring (bicyclic) bond motifs is 1. The first-order valence-electron chi connectivity index (χ1n) is 6.52. The summed E-state index contributed by atoms with van der Waals surface area (Å²) >= 11 is 1.61. The third-order valence-electron chi connectivity index (χ3n) is 3.03. The molecule has 6 heteroatoms. The van der Waals surface area contributed by atoms with Crippen LogP contribution < -0.4 is 10.6 Å². The van der Waals surface area contributed by atoms with Crippen molar-refractivity contribution in [2.24, 2.45) is 5.92 Å². The van der Waals surface area contributed by atoms with Crippen molar-refractivity contribution in [1.29, 1.82) is 0 Å². The highest BCUT2D eigenvalue weighted by atomic mass is 32.1. The van der Waals surface area contributed by atoms with Gasteiger partial charge < -0.3 is 15.7 Å². The normalized spacial score (nSPS) is 12.6. The van der Waals surface area contributed by atoms with E-state index in [1.54, 1.807) is 11.3 Å². The van der Waals surface area contributed by atoms with Gasteiger partial charge in [0.1, 0.15) is 10.6 Å². The van der Waals surface area contributed by atoms with Crippen molar-refractivity contribution < 1.29 is 5.11 Å². The molecule has 1 atom stereocenters. The molecule has 0 aliphatic carbocycles. The zero-order valence-corrected chi connectivity index (χ0v) is 12.1. The van der Waals surface area contributed by atoms with Crippen molar-refractivity contribution in [3.8, 4) is 0 Å². The van der Waals surface area contributed by atoms with Crippen molar-refractivity contribution in [1.82, 2.24) is 9.97 Å². The van der Waals surface area contributed by atoms with Gasteiger partial charge in [-0.1, -0.05) is 6.92 Å². The average molecular weight is 280 g/mol. The second-order valence-corrected chi connectivity index (χ2v) is 5.54. The summed E-state index contributed by atoms with van der Waals surface area (Å²) in [6, 6.07) is 2.04. The lowest BCUT2D eigenvalue weighted by Crippen LogP contribution is -2.08. The molecule has 0 saturated carbocycles. The topological polar surface area (TPSA) is 70.1 Å². The Bertz CT molecular complexity index is 528. The zero-order chi connectivity index (χ0) is 13.7. The fourth-order valence-electron chi connectivity index (χ4n) is 1.85. The Morgan fingerprint density at radius 1 is 1.42 bits per heavy atom. The van der Waals surface area contributed by atoms with E-state index in [1.165, 1.54) is 0 Å². The van der Waals surface area contributed by atoms with Crippen LogP contribution >= 0.6 is 11.3 Å². The molecule has 0 radical (unpaired) electrons. The molecule has 1 unspecified atom stereocenters. The van der Waals surface area contributed by atoms with Crippen molar-refractivity contribution in [3.05, 3.63) is 11.4 Å². The molecule has 3 N–H and O–H groups in total. The van der Waals surface area contributed by atoms with Gasteiger partial charge in [0.05, 0.1) is 5.39 Å². The van der Waals surface area contributed by atoms with Crippen LogP contribution in [0.4, 0.5) is 11.8 Å². The molecule has 19 heavy (non-hydrogen) atoms. The van der Waals surface area contributed by atoms with Crippen LogP contribution in [0.5, 0.6) is 0 Å². The molecule has 0 aromatic carbocycles. The minimum Gasteiger partial charge on any atom is -0.396 e. The maximum atomic E-state index is 8.99. The third kappa shape index (κ3) is 3.54. The maximum Gasteiger partial charge on any atom is 0.225 e. The molecule has 5 nitrogen and oxygen atoms in total. The molecule has 0 fully saturated rings. The van der Waals surface area contributed by atoms with Gasteiger partial charge >= 0.3 is 0 Å². The van der Waals surface area contributed by atoms with E-state index in [2.05, 4.69) is 27.5 Å². The number of nitrogens with zero attached hydrogens (tertiary/aromatic N) is 2. The largest absolute Gasteiger partial charge is 0.396 e. The van der Waals surface area contributed by atoms with Gasteiger partial charge in [0.2, 0.25) is 5.95 Å². The first kappa shape index (κ1) is 14.0. The monoisotopic (exact) mass is 280 g/mol. The number of anilines is 2. The highest BCUT2D eigenvalue weighted by Crippen LogP contribution is 2.26. The highest BCUT2D eigenvalue weighted by molar-refractivity contribution is 7.16. The minimum absolute atomic E-state index is 0.256. The summed E-state index contributed by atoms with van der Waals surface area (Å²) in [7, 11) is 1.82. The number of rotatable bonds is 7. The van der Waals surface area contributed by atoms with E-state index < -0.39 is 0 Å². The molecule has 2 aromatic rings. The summed E-state index contributed by atoms with van der Waals surface area (Å²) < 4.78 is 0. The Morgan fingerprint density at radius 3 is 3.00 bits per heavy atom. The van der Waals surface area contributed by atoms with Crippen LogP contribution in [0.3, 0.4) is 0 Å².